The summed E-state index contributed by atoms with van der Waals surface area (Å²) < 4.78 is 1.84. The van der Waals surface area contributed by atoms with E-state index in [9.17, 15) is 0 Å². The van der Waals surface area contributed by atoms with Gasteiger partial charge in [0.2, 0.25) is 0 Å². The minimum absolute atomic E-state index is 0.792. The molecule has 1 unspecified atom stereocenters. The molecule has 0 aromatic carbocycles. The first kappa shape index (κ1) is 11.3. The average molecular weight is 272 g/mol. The average Bonchev–Trinajstić information content (AvgIpc) is 2.97. The first-order valence-electron chi connectivity index (χ1n) is 6.90. The molecule has 19 heavy (non-hydrogen) atoms. The largest absolute Gasteiger partial charge is 0.225 e. The Morgan fingerprint density at radius 1 is 1.47 bits per heavy atom. The molecule has 3 aromatic rings. The number of hydrogen-bond acceptors (Lipinski definition) is 4. The van der Waals surface area contributed by atoms with Crippen LogP contribution < -0.4 is 0 Å². The summed E-state index contributed by atoms with van der Waals surface area (Å²) in [4.78, 5) is 11.9. The number of nitrogens with zero attached hydrogens (tertiary/aromatic N) is 4. The van der Waals surface area contributed by atoms with Gasteiger partial charge in [0.15, 0.2) is 11.5 Å². The molecule has 5 heteroatoms. The summed E-state index contributed by atoms with van der Waals surface area (Å²) in [5.74, 6) is 1.69. The number of rotatable bonds is 1. The van der Waals surface area contributed by atoms with E-state index >= 15 is 0 Å². The van der Waals surface area contributed by atoms with Crippen molar-refractivity contribution in [1.82, 2.24) is 19.6 Å². The Labute approximate surface area is 115 Å². The van der Waals surface area contributed by atoms with E-state index in [-0.39, 0.29) is 0 Å². The van der Waals surface area contributed by atoms with Crippen LogP contribution in [0.3, 0.4) is 0 Å². The summed E-state index contributed by atoms with van der Waals surface area (Å²) in [5.41, 5.74) is 2.47. The second kappa shape index (κ2) is 4.00. The molecule has 1 aliphatic rings. The Bertz CT molecular complexity index is 771. The molecule has 1 aliphatic carbocycles. The molecule has 0 aliphatic heterocycles. The van der Waals surface area contributed by atoms with E-state index in [2.05, 4.69) is 28.9 Å². The molecular weight excluding hydrogens is 256 g/mol. The monoisotopic (exact) mass is 272 g/mol. The fourth-order valence-electron chi connectivity index (χ4n) is 2.93. The predicted octanol–water partition coefficient (Wildman–Crippen LogP) is 3.03. The van der Waals surface area contributed by atoms with Gasteiger partial charge in [0.05, 0.1) is 5.39 Å². The van der Waals surface area contributed by atoms with Gasteiger partial charge in [0.25, 0.3) is 0 Å². The topological polar surface area (TPSA) is 43.1 Å². The van der Waals surface area contributed by atoms with Gasteiger partial charge in [-0.15, -0.1) is 16.4 Å². The number of hydrogen-bond donors (Lipinski definition) is 0. The first-order chi connectivity index (χ1) is 9.26. The lowest BCUT2D eigenvalue weighted by molar-refractivity contribution is 0.509. The molecule has 0 spiro atoms. The number of thiophene rings is 1. The normalized spacial score (nSPS) is 19.2. The van der Waals surface area contributed by atoms with Gasteiger partial charge in [-0.2, -0.15) is 0 Å². The Morgan fingerprint density at radius 3 is 3.21 bits per heavy atom. The van der Waals surface area contributed by atoms with E-state index in [1.54, 1.807) is 6.33 Å². The zero-order valence-corrected chi connectivity index (χ0v) is 12.0. The molecule has 0 amide bonds. The van der Waals surface area contributed by atoms with E-state index in [4.69, 9.17) is 0 Å². The minimum atomic E-state index is 0.792. The van der Waals surface area contributed by atoms with Gasteiger partial charge in [0.1, 0.15) is 11.2 Å². The molecule has 0 N–H and O–H groups in total. The third-order valence-electron chi connectivity index (χ3n) is 3.99. The molecule has 0 bridgehead atoms. The van der Waals surface area contributed by atoms with Crippen LogP contribution in [0.25, 0.3) is 15.9 Å². The molecule has 0 saturated heterocycles. The van der Waals surface area contributed by atoms with Gasteiger partial charge in [0, 0.05) is 11.3 Å². The number of aromatic nitrogens is 4. The van der Waals surface area contributed by atoms with Gasteiger partial charge in [-0.3, -0.25) is 0 Å². The molecule has 98 valence electrons. The van der Waals surface area contributed by atoms with Crippen molar-refractivity contribution >= 4 is 27.2 Å². The van der Waals surface area contributed by atoms with Crippen molar-refractivity contribution < 1.29 is 0 Å². The van der Waals surface area contributed by atoms with Gasteiger partial charge in [-0.1, -0.05) is 13.8 Å². The molecule has 0 saturated carbocycles. The van der Waals surface area contributed by atoms with Crippen LogP contribution in [0.15, 0.2) is 6.33 Å². The highest BCUT2D eigenvalue weighted by atomic mass is 32.1. The second-order valence-electron chi connectivity index (χ2n) is 5.43. The van der Waals surface area contributed by atoms with Crippen LogP contribution in [0.2, 0.25) is 0 Å². The van der Waals surface area contributed by atoms with Crippen molar-refractivity contribution in [1.29, 1.82) is 0 Å². The van der Waals surface area contributed by atoms with E-state index in [0.29, 0.717) is 0 Å². The SMILES string of the molecule is CCc1nc2c3c4c(sc3ncn2n1)CC(C)CC4. The maximum atomic E-state index is 4.68. The lowest BCUT2D eigenvalue weighted by atomic mass is 9.89. The Balaban J connectivity index is 2.06. The second-order valence-corrected chi connectivity index (χ2v) is 6.51. The molecule has 1 atom stereocenters. The quantitative estimate of drug-likeness (QED) is 0.684. The maximum Gasteiger partial charge on any atom is 0.167 e. The fourth-order valence-corrected chi connectivity index (χ4v) is 4.28. The Hall–Kier alpha value is -1.49. The fraction of sp³-hybridized carbons (Fsp3) is 0.500. The molecule has 0 radical (unpaired) electrons. The lowest BCUT2D eigenvalue weighted by Gasteiger charge is -2.17. The highest BCUT2D eigenvalue weighted by Crippen LogP contribution is 2.38. The molecule has 0 fully saturated rings. The van der Waals surface area contributed by atoms with Crippen molar-refractivity contribution in [2.45, 2.75) is 39.5 Å². The van der Waals surface area contributed by atoms with E-state index in [0.717, 1.165) is 35.1 Å². The molecule has 3 heterocycles. The zero-order valence-electron chi connectivity index (χ0n) is 11.2. The van der Waals surface area contributed by atoms with Gasteiger partial charge < -0.3 is 0 Å². The summed E-state index contributed by atoms with van der Waals surface area (Å²) in [5, 5.41) is 5.72. The van der Waals surface area contributed by atoms with Crippen LogP contribution in [-0.2, 0) is 19.3 Å². The van der Waals surface area contributed by atoms with Crippen LogP contribution in [0.5, 0.6) is 0 Å². The van der Waals surface area contributed by atoms with Crippen molar-refractivity contribution in [2.75, 3.05) is 0 Å². The van der Waals surface area contributed by atoms with Crippen LogP contribution in [0.4, 0.5) is 0 Å². The number of aryl methyl sites for hydroxylation is 2. The standard InChI is InChI=1S/C14H16N4S/c1-3-11-16-13-12-9-5-4-8(2)6-10(9)19-14(12)15-7-18(13)17-11/h7-8H,3-6H2,1-2H3. The van der Waals surface area contributed by atoms with Gasteiger partial charge >= 0.3 is 0 Å². The van der Waals surface area contributed by atoms with Crippen LogP contribution >= 0.6 is 11.3 Å². The molecular formula is C14H16N4S. The number of fused-ring (bicyclic) bond motifs is 5. The summed E-state index contributed by atoms with van der Waals surface area (Å²) in [7, 11) is 0. The summed E-state index contributed by atoms with van der Waals surface area (Å²) in [6.45, 7) is 4.42. The van der Waals surface area contributed by atoms with E-state index in [1.807, 2.05) is 15.9 Å². The van der Waals surface area contributed by atoms with Crippen molar-refractivity contribution in [3.05, 3.63) is 22.6 Å². The smallest absolute Gasteiger partial charge is 0.167 e. The third-order valence-corrected chi connectivity index (χ3v) is 5.15. The van der Waals surface area contributed by atoms with Crippen molar-refractivity contribution in [3.8, 4) is 0 Å². The minimum Gasteiger partial charge on any atom is -0.225 e. The lowest BCUT2D eigenvalue weighted by Crippen LogP contribution is -2.08. The van der Waals surface area contributed by atoms with Crippen LogP contribution in [0, 0.1) is 5.92 Å². The zero-order chi connectivity index (χ0) is 13.0. The summed E-state index contributed by atoms with van der Waals surface area (Å²) >= 11 is 1.84. The predicted molar refractivity (Wildman–Crippen MR) is 76.7 cm³/mol. The van der Waals surface area contributed by atoms with Crippen LogP contribution in [0.1, 0.15) is 36.5 Å². The highest BCUT2D eigenvalue weighted by Gasteiger charge is 2.23. The Morgan fingerprint density at radius 2 is 2.37 bits per heavy atom. The van der Waals surface area contributed by atoms with E-state index < -0.39 is 0 Å². The van der Waals surface area contributed by atoms with Crippen molar-refractivity contribution in [2.24, 2.45) is 5.92 Å². The van der Waals surface area contributed by atoms with Gasteiger partial charge in [-0.25, -0.2) is 14.5 Å². The maximum absolute atomic E-state index is 4.68. The van der Waals surface area contributed by atoms with Gasteiger partial charge in [-0.05, 0) is 30.7 Å². The third kappa shape index (κ3) is 1.61. The van der Waals surface area contributed by atoms with E-state index in [1.165, 1.54) is 28.7 Å². The van der Waals surface area contributed by atoms with Crippen LogP contribution in [-0.4, -0.2) is 19.6 Å². The summed E-state index contributed by atoms with van der Waals surface area (Å²) in [6.07, 6.45) is 6.29. The van der Waals surface area contributed by atoms with Crippen molar-refractivity contribution in [3.63, 3.8) is 0 Å². The molecule has 4 nitrogen and oxygen atoms in total. The highest BCUT2D eigenvalue weighted by molar-refractivity contribution is 7.19. The first-order valence-corrected chi connectivity index (χ1v) is 7.72. The summed E-state index contributed by atoms with van der Waals surface area (Å²) in [6, 6.07) is 0. The Kier molecular flexibility index (Phi) is 2.39. The molecule has 3 aromatic heterocycles. The molecule has 4 rings (SSSR count).